The molecule has 0 aliphatic heterocycles. The van der Waals surface area contributed by atoms with Crippen LogP contribution < -0.4 is 0 Å². The quantitative estimate of drug-likeness (QED) is 0.659. The van der Waals surface area contributed by atoms with Crippen LogP contribution in [0.5, 0.6) is 0 Å². The van der Waals surface area contributed by atoms with E-state index < -0.39 is 0 Å². The summed E-state index contributed by atoms with van der Waals surface area (Å²) in [4.78, 5) is 2.45. The average molecular weight is 195 g/mol. The van der Waals surface area contributed by atoms with Crippen LogP contribution in [0, 0.1) is 5.92 Å². The Labute approximate surface area is 89.5 Å². The highest BCUT2D eigenvalue weighted by atomic mass is 15.1. The predicted octanol–water partition coefficient (Wildman–Crippen LogP) is 3.83. The molecule has 1 atom stereocenters. The zero-order valence-electron chi connectivity index (χ0n) is 9.09. The molecule has 1 heteroatoms. The second-order valence-corrected chi connectivity index (χ2v) is 3.78. The zero-order chi connectivity index (χ0) is 9.68. The molecule has 1 aliphatic rings. The SMILES string of the molecule is C.CCCN(CC)C1=CCC(C)C=C1. The molecule has 1 unspecified atom stereocenters. The maximum atomic E-state index is 2.45. The highest BCUT2D eigenvalue weighted by Crippen LogP contribution is 2.18. The van der Waals surface area contributed by atoms with E-state index in [1.807, 2.05) is 0 Å². The second kappa shape index (κ2) is 6.69. The third-order valence-corrected chi connectivity index (χ3v) is 2.53. The topological polar surface area (TPSA) is 3.24 Å². The molecule has 0 radical (unpaired) electrons. The normalized spacial score (nSPS) is 19.9. The molecule has 1 aliphatic carbocycles. The van der Waals surface area contributed by atoms with Crippen LogP contribution in [-0.2, 0) is 0 Å². The van der Waals surface area contributed by atoms with Gasteiger partial charge in [0.1, 0.15) is 0 Å². The van der Waals surface area contributed by atoms with Gasteiger partial charge in [0.15, 0.2) is 0 Å². The number of nitrogens with zero attached hydrogens (tertiary/aromatic N) is 1. The summed E-state index contributed by atoms with van der Waals surface area (Å²) in [6, 6.07) is 0. The van der Waals surface area contributed by atoms with Gasteiger partial charge in [0.25, 0.3) is 0 Å². The van der Waals surface area contributed by atoms with E-state index in [4.69, 9.17) is 0 Å². The second-order valence-electron chi connectivity index (χ2n) is 3.78. The maximum Gasteiger partial charge on any atom is 0.0322 e. The molecule has 82 valence electrons. The first kappa shape index (κ1) is 13.3. The van der Waals surface area contributed by atoms with Crippen LogP contribution in [0.2, 0.25) is 0 Å². The first-order chi connectivity index (χ1) is 6.27. The van der Waals surface area contributed by atoms with Crippen molar-refractivity contribution in [3.8, 4) is 0 Å². The molecule has 1 nitrogen and oxygen atoms in total. The smallest absolute Gasteiger partial charge is 0.0322 e. The van der Waals surface area contributed by atoms with Crippen LogP contribution >= 0.6 is 0 Å². The van der Waals surface area contributed by atoms with Crippen LogP contribution in [0.25, 0.3) is 0 Å². The monoisotopic (exact) mass is 195 g/mol. The van der Waals surface area contributed by atoms with Crippen LogP contribution in [0.4, 0.5) is 0 Å². The van der Waals surface area contributed by atoms with Gasteiger partial charge in [-0.25, -0.2) is 0 Å². The van der Waals surface area contributed by atoms with E-state index in [0.717, 1.165) is 12.5 Å². The molecule has 0 saturated heterocycles. The summed E-state index contributed by atoms with van der Waals surface area (Å²) < 4.78 is 0. The van der Waals surface area contributed by atoms with Crippen molar-refractivity contribution in [1.82, 2.24) is 4.90 Å². The molecule has 0 aromatic rings. The van der Waals surface area contributed by atoms with E-state index in [-0.39, 0.29) is 7.43 Å². The van der Waals surface area contributed by atoms with Gasteiger partial charge < -0.3 is 4.90 Å². The fourth-order valence-corrected chi connectivity index (χ4v) is 1.69. The minimum absolute atomic E-state index is 0. The van der Waals surface area contributed by atoms with Crippen molar-refractivity contribution in [2.75, 3.05) is 13.1 Å². The van der Waals surface area contributed by atoms with E-state index in [0.29, 0.717) is 0 Å². The number of allylic oxidation sites excluding steroid dienone is 3. The minimum atomic E-state index is 0. The van der Waals surface area contributed by atoms with Gasteiger partial charge in [-0.05, 0) is 31.8 Å². The summed E-state index contributed by atoms with van der Waals surface area (Å²) in [5.41, 5.74) is 1.42. The highest BCUT2D eigenvalue weighted by Gasteiger charge is 2.08. The van der Waals surface area contributed by atoms with E-state index in [1.165, 1.54) is 25.1 Å². The third-order valence-electron chi connectivity index (χ3n) is 2.53. The van der Waals surface area contributed by atoms with Gasteiger partial charge in [-0.2, -0.15) is 0 Å². The average Bonchev–Trinajstić information content (AvgIpc) is 2.16. The Balaban J connectivity index is 0.00000169. The number of hydrogen-bond acceptors (Lipinski definition) is 1. The van der Waals surface area contributed by atoms with Crippen molar-refractivity contribution in [3.63, 3.8) is 0 Å². The van der Waals surface area contributed by atoms with Gasteiger partial charge in [0, 0.05) is 18.8 Å². The Morgan fingerprint density at radius 2 is 2.14 bits per heavy atom. The van der Waals surface area contributed by atoms with Crippen LogP contribution in [-0.4, -0.2) is 18.0 Å². The van der Waals surface area contributed by atoms with Gasteiger partial charge >= 0.3 is 0 Å². The summed E-state index contributed by atoms with van der Waals surface area (Å²) in [7, 11) is 0. The minimum Gasteiger partial charge on any atom is -0.372 e. The highest BCUT2D eigenvalue weighted by molar-refractivity contribution is 5.22. The molecule has 0 heterocycles. The maximum absolute atomic E-state index is 2.45. The Hall–Kier alpha value is -0.720. The predicted molar refractivity (Wildman–Crippen MR) is 65.3 cm³/mol. The van der Waals surface area contributed by atoms with Crippen molar-refractivity contribution in [3.05, 3.63) is 23.9 Å². The number of likely N-dealkylation sites (N-methyl/N-ethyl adjacent to an activating group) is 1. The Kier molecular flexibility index (Phi) is 6.35. The number of rotatable bonds is 4. The Morgan fingerprint density at radius 3 is 2.57 bits per heavy atom. The lowest BCUT2D eigenvalue weighted by atomic mass is 10.0. The van der Waals surface area contributed by atoms with Gasteiger partial charge in [-0.3, -0.25) is 0 Å². The van der Waals surface area contributed by atoms with E-state index in [1.54, 1.807) is 0 Å². The fraction of sp³-hybridized carbons (Fsp3) is 0.692. The zero-order valence-corrected chi connectivity index (χ0v) is 9.09. The van der Waals surface area contributed by atoms with Gasteiger partial charge in [0.05, 0.1) is 0 Å². The largest absolute Gasteiger partial charge is 0.372 e. The van der Waals surface area contributed by atoms with Gasteiger partial charge in [-0.15, -0.1) is 0 Å². The summed E-state index contributed by atoms with van der Waals surface area (Å²) in [5.74, 6) is 0.726. The lowest BCUT2D eigenvalue weighted by Gasteiger charge is -2.26. The van der Waals surface area contributed by atoms with E-state index in [2.05, 4.69) is 43.9 Å². The Morgan fingerprint density at radius 1 is 1.43 bits per heavy atom. The number of hydrogen-bond donors (Lipinski definition) is 0. The molecule has 0 amide bonds. The summed E-state index contributed by atoms with van der Waals surface area (Å²) >= 11 is 0. The van der Waals surface area contributed by atoms with Crippen LogP contribution in [0.15, 0.2) is 23.9 Å². The van der Waals surface area contributed by atoms with E-state index >= 15 is 0 Å². The summed E-state index contributed by atoms with van der Waals surface area (Å²) in [5, 5.41) is 0. The molecule has 0 fully saturated rings. The standard InChI is InChI=1S/C12H21N.CH4/c1-4-10-13(5-2)12-8-6-11(3)7-9-12;/h6,8-9,11H,4-5,7,10H2,1-3H3;1H4. The first-order valence-corrected chi connectivity index (χ1v) is 5.41. The summed E-state index contributed by atoms with van der Waals surface area (Å²) in [6.07, 6.45) is 9.38. The fourth-order valence-electron chi connectivity index (χ4n) is 1.69. The van der Waals surface area contributed by atoms with Crippen molar-refractivity contribution in [1.29, 1.82) is 0 Å². The summed E-state index contributed by atoms with van der Waals surface area (Å²) in [6.45, 7) is 9.03. The molecule has 0 N–H and O–H groups in total. The molecule has 0 bridgehead atoms. The lowest BCUT2D eigenvalue weighted by Crippen LogP contribution is -2.23. The molecule has 14 heavy (non-hydrogen) atoms. The van der Waals surface area contributed by atoms with Crippen molar-refractivity contribution < 1.29 is 0 Å². The molecule has 1 rings (SSSR count). The lowest BCUT2D eigenvalue weighted by molar-refractivity contribution is 0.369. The van der Waals surface area contributed by atoms with Gasteiger partial charge in [0.2, 0.25) is 0 Å². The first-order valence-electron chi connectivity index (χ1n) is 5.41. The van der Waals surface area contributed by atoms with Crippen LogP contribution in [0.3, 0.4) is 0 Å². The molecular weight excluding hydrogens is 170 g/mol. The molecule has 0 spiro atoms. The molecule has 0 aromatic heterocycles. The molecule has 0 saturated carbocycles. The Bertz CT molecular complexity index is 203. The van der Waals surface area contributed by atoms with Gasteiger partial charge in [-0.1, -0.05) is 33.4 Å². The van der Waals surface area contributed by atoms with Crippen LogP contribution in [0.1, 0.15) is 41.0 Å². The van der Waals surface area contributed by atoms with Crippen molar-refractivity contribution >= 4 is 0 Å². The molecular formula is C13H25N. The van der Waals surface area contributed by atoms with Crippen molar-refractivity contribution in [2.24, 2.45) is 5.92 Å². The third kappa shape index (κ3) is 3.57. The van der Waals surface area contributed by atoms with Crippen molar-refractivity contribution in [2.45, 2.75) is 41.0 Å². The van der Waals surface area contributed by atoms with E-state index in [9.17, 15) is 0 Å². The molecule has 0 aromatic carbocycles.